The number of hydrogen-bond donors (Lipinski definition) is 0. The summed E-state index contributed by atoms with van der Waals surface area (Å²) in [5.74, 6) is 0. The van der Waals surface area contributed by atoms with Crippen LogP contribution in [0.2, 0.25) is 0 Å². The van der Waals surface area contributed by atoms with Crippen molar-refractivity contribution in [2.45, 2.75) is 89.9 Å². The Balaban J connectivity index is 0.973. The average Bonchev–Trinajstić information content (AvgIpc) is 3.92. The molecule has 0 radical (unpaired) electrons. The van der Waals surface area contributed by atoms with Crippen molar-refractivity contribution in [3.05, 3.63) is 232 Å². The van der Waals surface area contributed by atoms with Crippen molar-refractivity contribution >= 4 is 39.7 Å². The van der Waals surface area contributed by atoms with Gasteiger partial charge < -0.3 is 9.80 Å². The summed E-state index contributed by atoms with van der Waals surface area (Å²) in [7, 11) is 0. The highest BCUT2D eigenvalue weighted by Crippen LogP contribution is 2.56. The molecule has 0 bridgehead atoms. The molecule has 5 aliphatic rings. The predicted molar refractivity (Wildman–Crippen MR) is 287 cm³/mol. The van der Waals surface area contributed by atoms with Crippen LogP contribution in [0, 0.1) is 0 Å². The van der Waals surface area contributed by atoms with Crippen molar-refractivity contribution < 1.29 is 0 Å². The zero-order chi connectivity index (χ0) is 46.5. The molecule has 0 aromatic heterocycles. The molecule has 0 fully saturated rings. The number of allylic oxidation sites excluding steroid dienone is 4. The van der Waals surface area contributed by atoms with E-state index in [-0.39, 0.29) is 21.7 Å². The first-order valence-corrected chi connectivity index (χ1v) is 24.7. The van der Waals surface area contributed by atoms with Crippen LogP contribution >= 0.6 is 0 Å². The molecule has 0 N–H and O–H groups in total. The Hall–Kier alpha value is -7.16. The molecule has 0 aliphatic heterocycles. The Morgan fingerprint density at radius 3 is 1.16 bits per heavy atom. The third-order valence-electron chi connectivity index (χ3n) is 17.0. The van der Waals surface area contributed by atoms with Gasteiger partial charge in [0, 0.05) is 55.8 Å². The van der Waals surface area contributed by atoms with Gasteiger partial charge >= 0.3 is 0 Å². The van der Waals surface area contributed by atoms with E-state index in [2.05, 4.69) is 247 Å². The summed E-state index contributed by atoms with van der Waals surface area (Å²) in [5, 5.41) is 0. The van der Waals surface area contributed by atoms with E-state index in [1.165, 1.54) is 94.8 Å². The molecule has 0 saturated carbocycles. The largest absolute Gasteiger partial charge is 0.310 e. The molecule has 2 nitrogen and oxygen atoms in total. The van der Waals surface area contributed by atoms with Gasteiger partial charge in [-0.25, -0.2) is 0 Å². The summed E-state index contributed by atoms with van der Waals surface area (Å²) in [4.78, 5) is 4.99. The first-order valence-electron chi connectivity index (χ1n) is 24.7. The van der Waals surface area contributed by atoms with E-state index in [9.17, 15) is 0 Å². The van der Waals surface area contributed by atoms with Crippen LogP contribution in [0.3, 0.4) is 0 Å². The molecule has 0 atom stereocenters. The van der Waals surface area contributed by atoms with Crippen molar-refractivity contribution in [2.24, 2.45) is 0 Å². The first-order chi connectivity index (χ1) is 32.7. The maximum atomic E-state index is 2.50. The van der Waals surface area contributed by atoms with Crippen LogP contribution in [-0.2, 0) is 21.7 Å². The van der Waals surface area contributed by atoms with Crippen LogP contribution in [0.5, 0.6) is 0 Å². The fourth-order valence-corrected chi connectivity index (χ4v) is 13.3. The summed E-state index contributed by atoms with van der Waals surface area (Å²) in [6.07, 6.45) is 6.95. The molecule has 13 rings (SSSR count). The van der Waals surface area contributed by atoms with Gasteiger partial charge in [0.15, 0.2) is 0 Å². The van der Waals surface area contributed by atoms with E-state index in [0.29, 0.717) is 0 Å². The van der Waals surface area contributed by atoms with Gasteiger partial charge in [0.05, 0.1) is 0 Å². The molecule has 68 heavy (non-hydrogen) atoms. The van der Waals surface area contributed by atoms with E-state index in [4.69, 9.17) is 0 Å². The Labute approximate surface area is 403 Å². The Bertz CT molecular complexity index is 3520. The third kappa shape index (κ3) is 5.64. The number of nitrogens with zero attached hydrogens (tertiary/aromatic N) is 2. The van der Waals surface area contributed by atoms with Crippen LogP contribution < -0.4 is 9.80 Å². The molecule has 0 unspecified atom stereocenters. The molecule has 0 saturated heterocycles. The highest BCUT2D eigenvalue weighted by atomic mass is 15.2. The number of fused-ring (bicyclic) bond motifs is 11. The van der Waals surface area contributed by atoms with Crippen molar-refractivity contribution in [1.29, 1.82) is 0 Å². The summed E-state index contributed by atoms with van der Waals surface area (Å²) in [5.41, 5.74) is 28.6. The molecule has 8 aromatic rings. The summed E-state index contributed by atoms with van der Waals surface area (Å²) >= 11 is 0. The lowest BCUT2D eigenvalue weighted by molar-refractivity contribution is 0.607. The molecule has 5 aliphatic carbocycles. The van der Waals surface area contributed by atoms with Gasteiger partial charge in [0.25, 0.3) is 0 Å². The third-order valence-corrected chi connectivity index (χ3v) is 17.0. The minimum Gasteiger partial charge on any atom is -0.310 e. The molecule has 0 spiro atoms. The van der Waals surface area contributed by atoms with Crippen LogP contribution in [0.4, 0.5) is 34.1 Å². The van der Waals surface area contributed by atoms with Gasteiger partial charge in [0.1, 0.15) is 0 Å². The second-order valence-electron chi connectivity index (χ2n) is 22.1. The van der Waals surface area contributed by atoms with Gasteiger partial charge in [-0.15, -0.1) is 0 Å². The van der Waals surface area contributed by atoms with Crippen LogP contribution in [-0.4, -0.2) is 0 Å². The topological polar surface area (TPSA) is 6.48 Å². The van der Waals surface area contributed by atoms with Gasteiger partial charge in [0.2, 0.25) is 0 Å². The quantitative estimate of drug-likeness (QED) is 0.164. The predicted octanol–water partition coefficient (Wildman–Crippen LogP) is 17.9. The molecular weight excluding hydrogens is 821 g/mol. The second kappa shape index (κ2) is 14.2. The minimum atomic E-state index is -0.125. The molecule has 0 heterocycles. The average molecular weight is 879 g/mol. The van der Waals surface area contributed by atoms with Crippen LogP contribution in [0.25, 0.3) is 39.0 Å². The first kappa shape index (κ1) is 41.1. The standard InChI is InChI=1S/C66H58N2/c1-63(2)58-24-16-12-20-50(58)54-37-43(32-36-59(54)63)67(44-29-33-51-47-17-9-13-21-55(47)64(3,4)60(51)38-44)41-25-27-42(28-26-41)68(45-30-34-52-48-18-10-14-22-56(48)65(5,6)61(52)39-45)46-31-35-53-49-19-11-15-23-57(49)66(7,8)62(53)40-46/h9-14,16-22,24-40H,15,23H2,1-8H3. The molecule has 332 valence electrons. The van der Waals surface area contributed by atoms with Crippen molar-refractivity contribution in [3.8, 4) is 33.4 Å². The van der Waals surface area contributed by atoms with E-state index >= 15 is 0 Å². The molecular formula is C66H58N2. The van der Waals surface area contributed by atoms with Gasteiger partial charge in [-0.05, 0) is 169 Å². The van der Waals surface area contributed by atoms with E-state index in [1.807, 2.05) is 0 Å². The van der Waals surface area contributed by atoms with Crippen molar-refractivity contribution in [2.75, 3.05) is 9.80 Å². The highest BCUT2D eigenvalue weighted by molar-refractivity contribution is 5.92. The van der Waals surface area contributed by atoms with Crippen molar-refractivity contribution in [3.63, 3.8) is 0 Å². The Kier molecular flexibility index (Phi) is 8.57. The minimum absolute atomic E-state index is 0.0413. The SMILES string of the molecule is CC1(C)C2=C(C=CCC2)c2ccc(N(c3ccc(N(c4ccc5c(c4)-c4ccccc4C5(C)C)c4ccc5c(c4)C(C)(C)c4ccccc4-5)cc3)c3ccc4c(c3)C(C)(C)c3ccccc3-4)cc21. The summed E-state index contributed by atoms with van der Waals surface area (Å²) in [6.45, 7) is 19.1. The van der Waals surface area contributed by atoms with Crippen LogP contribution in [0.1, 0.15) is 113 Å². The zero-order valence-corrected chi connectivity index (χ0v) is 40.6. The summed E-state index contributed by atoms with van der Waals surface area (Å²) in [6, 6.07) is 65.0. The second-order valence-corrected chi connectivity index (χ2v) is 22.1. The fourth-order valence-electron chi connectivity index (χ4n) is 13.3. The molecule has 0 amide bonds. The van der Waals surface area contributed by atoms with Crippen LogP contribution in [0.15, 0.2) is 188 Å². The number of anilines is 6. The Morgan fingerprint density at radius 1 is 0.309 bits per heavy atom. The van der Waals surface area contributed by atoms with Crippen molar-refractivity contribution in [1.82, 2.24) is 0 Å². The van der Waals surface area contributed by atoms with Gasteiger partial charge in [-0.2, -0.15) is 0 Å². The van der Waals surface area contributed by atoms with E-state index in [1.54, 1.807) is 5.57 Å². The number of benzene rings is 8. The number of hydrogen-bond acceptors (Lipinski definition) is 2. The van der Waals surface area contributed by atoms with Gasteiger partial charge in [-0.3, -0.25) is 0 Å². The van der Waals surface area contributed by atoms with E-state index in [0.717, 1.165) is 35.6 Å². The maximum absolute atomic E-state index is 2.50. The fraction of sp³-hybridized carbons (Fsp3) is 0.212. The van der Waals surface area contributed by atoms with E-state index < -0.39 is 0 Å². The number of rotatable bonds is 6. The monoisotopic (exact) mass is 878 g/mol. The smallest absolute Gasteiger partial charge is 0.0468 e. The van der Waals surface area contributed by atoms with Gasteiger partial charge in [-0.1, -0.05) is 170 Å². The molecule has 2 heteroatoms. The lowest BCUT2D eigenvalue weighted by Crippen LogP contribution is -2.19. The zero-order valence-electron chi connectivity index (χ0n) is 40.6. The lowest BCUT2D eigenvalue weighted by atomic mass is 9.78. The molecule has 8 aromatic carbocycles. The highest BCUT2D eigenvalue weighted by Gasteiger charge is 2.41. The lowest BCUT2D eigenvalue weighted by Gasteiger charge is -2.31. The Morgan fingerprint density at radius 2 is 0.662 bits per heavy atom. The summed E-state index contributed by atoms with van der Waals surface area (Å²) < 4.78 is 0. The normalized spacial score (nSPS) is 17.4. The maximum Gasteiger partial charge on any atom is 0.0468 e.